The van der Waals surface area contributed by atoms with E-state index in [1.165, 1.54) is 4.90 Å². The topological polar surface area (TPSA) is 63.4 Å². The molecule has 4 nitrogen and oxygen atoms in total. The van der Waals surface area contributed by atoms with Crippen LogP contribution in [-0.2, 0) is 9.59 Å². The van der Waals surface area contributed by atoms with E-state index in [2.05, 4.69) is 0 Å². The maximum atomic E-state index is 10.7. The third-order valence-electron chi connectivity index (χ3n) is 2.18. The molecule has 0 spiro atoms. The van der Waals surface area contributed by atoms with E-state index in [1.807, 2.05) is 6.92 Å². The fourth-order valence-electron chi connectivity index (χ4n) is 1.47. The van der Waals surface area contributed by atoms with Crippen LogP contribution in [0.2, 0.25) is 0 Å². The van der Waals surface area contributed by atoms with Gasteiger partial charge in [0.15, 0.2) is 0 Å². The van der Waals surface area contributed by atoms with Crippen molar-refractivity contribution in [2.45, 2.75) is 31.8 Å². The predicted molar refractivity (Wildman–Crippen MR) is 39.6 cm³/mol. The SMILES string of the molecule is CC1CCC(C(N)=O)N1C=O. The molecule has 1 aliphatic rings. The van der Waals surface area contributed by atoms with Crippen molar-refractivity contribution in [3.63, 3.8) is 0 Å². The average Bonchev–Trinajstić information content (AvgIpc) is 2.30. The normalized spacial score (nSPS) is 30.5. The minimum atomic E-state index is -0.401. The summed E-state index contributed by atoms with van der Waals surface area (Å²) in [6, 6.07) is -0.215. The number of nitrogens with zero attached hydrogens (tertiary/aromatic N) is 1. The van der Waals surface area contributed by atoms with Crippen LogP contribution >= 0.6 is 0 Å². The number of rotatable bonds is 2. The molecule has 0 saturated carbocycles. The van der Waals surface area contributed by atoms with E-state index >= 15 is 0 Å². The zero-order chi connectivity index (χ0) is 8.43. The second-order valence-corrected chi connectivity index (χ2v) is 2.90. The number of carbonyl (C=O) groups excluding carboxylic acids is 2. The number of hydrogen-bond acceptors (Lipinski definition) is 2. The lowest BCUT2D eigenvalue weighted by Gasteiger charge is -2.20. The molecule has 0 aromatic heterocycles. The van der Waals surface area contributed by atoms with Gasteiger partial charge in [-0.05, 0) is 19.8 Å². The molecule has 1 saturated heterocycles. The molecule has 0 radical (unpaired) electrons. The summed E-state index contributed by atoms with van der Waals surface area (Å²) in [6.45, 7) is 1.91. The summed E-state index contributed by atoms with van der Waals surface area (Å²) in [4.78, 5) is 22.7. The Morgan fingerprint density at radius 3 is 2.64 bits per heavy atom. The average molecular weight is 156 g/mol. The number of primary amides is 1. The van der Waals surface area contributed by atoms with Gasteiger partial charge in [0.05, 0.1) is 0 Å². The fraction of sp³-hybridized carbons (Fsp3) is 0.714. The summed E-state index contributed by atoms with van der Waals surface area (Å²) in [5.41, 5.74) is 5.09. The molecule has 0 aromatic carbocycles. The van der Waals surface area contributed by atoms with Crippen LogP contribution in [0, 0.1) is 0 Å². The van der Waals surface area contributed by atoms with E-state index in [1.54, 1.807) is 0 Å². The zero-order valence-electron chi connectivity index (χ0n) is 6.49. The molecule has 11 heavy (non-hydrogen) atoms. The first-order chi connectivity index (χ1) is 5.16. The number of amides is 2. The summed E-state index contributed by atoms with van der Waals surface area (Å²) in [6.07, 6.45) is 2.27. The molecular weight excluding hydrogens is 144 g/mol. The molecule has 2 amide bonds. The highest BCUT2D eigenvalue weighted by Crippen LogP contribution is 2.21. The van der Waals surface area contributed by atoms with Gasteiger partial charge < -0.3 is 10.6 Å². The molecule has 1 fully saturated rings. The first-order valence-electron chi connectivity index (χ1n) is 3.69. The zero-order valence-corrected chi connectivity index (χ0v) is 6.49. The van der Waals surface area contributed by atoms with Gasteiger partial charge >= 0.3 is 0 Å². The van der Waals surface area contributed by atoms with E-state index in [9.17, 15) is 9.59 Å². The second-order valence-electron chi connectivity index (χ2n) is 2.90. The molecule has 0 aliphatic carbocycles. The van der Waals surface area contributed by atoms with Crippen molar-refractivity contribution in [3.8, 4) is 0 Å². The van der Waals surface area contributed by atoms with Crippen molar-refractivity contribution < 1.29 is 9.59 Å². The summed E-state index contributed by atoms with van der Waals surface area (Å²) in [7, 11) is 0. The van der Waals surface area contributed by atoms with Crippen molar-refractivity contribution in [1.29, 1.82) is 0 Å². The lowest BCUT2D eigenvalue weighted by Crippen LogP contribution is -2.42. The van der Waals surface area contributed by atoms with E-state index in [0.29, 0.717) is 12.8 Å². The van der Waals surface area contributed by atoms with E-state index < -0.39 is 5.91 Å². The Kier molecular flexibility index (Phi) is 2.12. The first kappa shape index (κ1) is 8.04. The molecule has 62 valence electrons. The Morgan fingerprint density at radius 2 is 2.27 bits per heavy atom. The standard InChI is InChI=1S/C7H12N2O2/c1-5-2-3-6(7(8)11)9(5)4-10/h4-6H,2-3H2,1H3,(H2,8,11). The third kappa shape index (κ3) is 1.34. The highest BCUT2D eigenvalue weighted by Gasteiger charge is 2.32. The van der Waals surface area contributed by atoms with Crippen LogP contribution in [0.3, 0.4) is 0 Å². The van der Waals surface area contributed by atoms with Crippen LogP contribution < -0.4 is 5.73 Å². The fourth-order valence-corrected chi connectivity index (χ4v) is 1.47. The van der Waals surface area contributed by atoms with E-state index in [0.717, 1.165) is 6.42 Å². The quantitative estimate of drug-likeness (QED) is 0.547. The number of nitrogens with two attached hydrogens (primary N) is 1. The molecular formula is C7H12N2O2. The van der Waals surface area contributed by atoms with Crippen molar-refractivity contribution in [1.82, 2.24) is 4.90 Å². The highest BCUT2D eigenvalue weighted by molar-refractivity contribution is 5.82. The van der Waals surface area contributed by atoms with E-state index in [4.69, 9.17) is 5.73 Å². The van der Waals surface area contributed by atoms with E-state index in [-0.39, 0.29) is 12.1 Å². The van der Waals surface area contributed by atoms with Crippen LogP contribution in [0.1, 0.15) is 19.8 Å². The third-order valence-corrected chi connectivity index (χ3v) is 2.18. The van der Waals surface area contributed by atoms with Gasteiger partial charge in [-0.3, -0.25) is 9.59 Å². The molecule has 1 aliphatic heterocycles. The molecule has 1 heterocycles. The van der Waals surface area contributed by atoms with Crippen LogP contribution in [-0.4, -0.2) is 29.3 Å². The maximum Gasteiger partial charge on any atom is 0.240 e. The lowest BCUT2D eigenvalue weighted by molar-refractivity contribution is -0.130. The van der Waals surface area contributed by atoms with Gasteiger partial charge in [0.2, 0.25) is 12.3 Å². The Balaban J connectivity index is 2.68. The minimum absolute atomic E-state index is 0.157. The Morgan fingerprint density at radius 1 is 1.64 bits per heavy atom. The molecule has 1 rings (SSSR count). The highest BCUT2D eigenvalue weighted by atomic mass is 16.2. The molecule has 2 N–H and O–H groups in total. The summed E-state index contributed by atoms with van der Waals surface area (Å²) >= 11 is 0. The second kappa shape index (κ2) is 2.90. The van der Waals surface area contributed by atoms with Crippen molar-refractivity contribution >= 4 is 12.3 Å². The monoisotopic (exact) mass is 156 g/mol. The maximum absolute atomic E-state index is 10.7. The van der Waals surface area contributed by atoms with Gasteiger partial charge in [0.25, 0.3) is 0 Å². The number of likely N-dealkylation sites (tertiary alicyclic amines) is 1. The van der Waals surface area contributed by atoms with Gasteiger partial charge in [-0.25, -0.2) is 0 Å². The molecule has 0 aromatic rings. The Hall–Kier alpha value is -1.06. The number of carbonyl (C=O) groups is 2. The Labute approximate surface area is 65.3 Å². The summed E-state index contributed by atoms with van der Waals surface area (Å²) in [5.74, 6) is -0.401. The largest absolute Gasteiger partial charge is 0.368 e. The minimum Gasteiger partial charge on any atom is -0.368 e. The van der Waals surface area contributed by atoms with Gasteiger partial charge in [-0.1, -0.05) is 0 Å². The molecule has 2 unspecified atom stereocenters. The summed E-state index contributed by atoms with van der Waals surface area (Å²) in [5, 5.41) is 0. The van der Waals surface area contributed by atoms with Crippen LogP contribution in [0.15, 0.2) is 0 Å². The van der Waals surface area contributed by atoms with Crippen molar-refractivity contribution in [3.05, 3.63) is 0 Å². The van der Waals surface area contributed by atoms with Crippen LogP contribution in [0.5, 0.6) is 0 Å². The predicted octanol–water partition coefficient (Wildman–Crippen LogP) is -0.519. The summed E-state index contributed by atoms with van der Waals surface area (Å²) < 4.78 is 0. The number of hydrogen-bond donors (Lipinski definition) is 1. The van der Waals surface area contributed by atoms with Crippen molar-refractivity contribution in [2.24, 2.45) is 5.73 Å². The van der Waals surface area contributed by atoms with Gasteiger partial charge in [-0.2, -0.15) is 0 Å². The van der Waals surface area contributed by atoms with Gasteiger partial charge in [-0.15, -0.1) is 0 Å². The molecule has 2 atom stereocenters. The van der Waals surface area contributed by atoms with Crippen LogP contribution in [0.4, 0.5) is 0 Å². The molecule has 0 bridgehead atoms. The Bertz CT molecular complexity index is 181. The molecule has 4 heteroatoms. The first-order valence-corrected chi connectivity index (χ1v) is 3.69. The van der Waals surface area contributed by atoms with Crippen LogP contribution in [0.25, 0.3) is 0 Å². The van der Waals surface area contributed by atoms with Crippen molar-refractivity contribution in [2.75, 3.05) is 0 Å². The smallest absolute Gasteiger partial charge is 0.240 e. The lowest BCUT2D eigenvalue weighted by atomic mass is 10.2. The van der Waals surface area contributed by atoms with Gasteiger partial charge in [0, 0.05) is 6.04 Å². The van der Waals surface area contributed by atoms with Gasteiger partial charge in [0.1, 0.15) is 6.04 Å².